The van der Waals surface area contributed by atoms with Crippen LogP contribution in [0.1, 0.15) is 39.3 Å². The topological polar surface area (TPSA) is 37.3 Å². The van der Waals surface area contributed by atoms with Crippen molar-refractivity contribution in [3.63, 3.8) is 0 Å². The average Bonchev–Trinajstić information content (AvgIpc) is 2.43. The summed E-state index contributed by atoms with van der Waals surface area (Å²) < 4.78 is 0. The quantitative estimate of drug-likeness (QED) is 0.908. The fourth-order valence-electron chi connectivity index (χ4n) is 2.64. The van der Waals surface area contributed by atoms with Gasteiger partial charge in [0, 0.05) is 0 Å². The number of aryl methyl sites for hydroxylation is 1. The Morgan fingerprint density at radius 2 is 1.55 bits per heavy atom. The molecule has 0 bridgehead atoms. The lowest BCUT2D eigenvalue weighted by Gasteiger charge is -2.20. The van der Waals surface area contributed by atoms with E-state index >= 15 is 0 Å². The number of carboxylic acids is 1. The van der Waals surface area contributed by atoms with E-state index in [1.54, 1.807) is 0 Å². The molecule has 0 radical (unpaired) electrons. The van der Waals surface area contributed by atoms with E-state index in [1.165, 1.54) is 11.1 Å². The summed E-state index contributed by atoms with van der Waals surface area (Å²) in [6.07, 6.45) is 0. The number of rotatable bonds is 3. The predicted octanol–water partition coefficient (Wildman–Crippen LogP) is 4.14. The largest absolute Gasteiger partial charge is 0.481 e. The van der Waals surface area contributed by atoms with Gasteiger partial charge in [0.1, 0.15) is 5.92 Å². The molecule has 0 aliphatic rings. The summed E-state index contributed by atoms with van der Waals surface area (Å²) >= 11 is 0. The van der Waals surface area contributed by atoms with Crippen LogP contribution in [-0.4, -0.2) is 11.1 Å². The molecule has 0 aliphatic heterocycles. The molecule has 104 valence electrons. The first-order valence-electron chi connectivity index (χ1n) is 6.78. The van der Waals surface area contributed by atoms with Crippen LogP contribution in [0.4, 0.5) is 0 Å². The average molecular weight is 268 g/mol. The first kappa shape index (κ1) is 14.3. The van der Waals surface area contributed by atoms with Crippen LogP contribution >= 0.6 is 0 Å². The Labute approximate surface area is 120 Å². The smallest absolute Gasteiger partial charge is 0.315 e. The van der Waals surface area contributed by atoms with Crippen molar-refractivity contribution in [1.82, 2.24) is 0 Å². The van der Waals surface area contributed by atoms with E-state index < -0.39 is 11.9 Å². The molecule has 1 N–H and O–H groups in total. The van der Waals surface area contributed by atoms with Crippen LogP contribution < -0.4 is 0 Å². The molecule has 0 aromatic heterocycles. The second-order valence-corrected chi connectivity index (χ2v) is 5.34. The summed E-state index contributed by atoms with van der Waals surface area (Å²) in [7, 11) is 0. The number of aliphatic carboxylic acids is 1. The van der Waals surface area contributed by atoms with Crippen molar-refractivity contribution in [2.75, 3.05) is 0 Å². The maximum atomic E-state index is 11.8. The van der Waals surface area contributed by atoms with Crippen molar-refractivity contribution >= 4 is 5.97 Å². The van der Waals surface area contributed by atoms with Gasteiger partial charge in [0.05, 0.1) is 0 Å². The molecule has 0 fully saturated rings. The summed E-state index contributed by atoms with van der Waals surface area (Å²) in [5.41, 5.74) is 6.36. The summed E-state index contributed by atoms with van der Waals surface area (Å²) in [4.78, 5) is 11.8. The number of carbonyl (C=O) groups is 1. The highest BCUT2D eigenvalue weighted by Crippen LogP contribution is 2.31. The fraction of sp³-hybridized carbons (Fsp3) is 0.278. The van der Waals surface area contributed by atoms with Crippen LogP contribution in [0, 0.1) is 27.7 Å². The maximum absolute atomic E-state index is 11.8. The lowest BCUT2D eigenvalue weighted by Crippen LogP contribution is -2.15. The molecule has 2 rings (SSSR count). The van der Waals surface area contributed by atoms with Gasteiger partial charge in [0.15, 0.2) is 0 Å². The minimum Gasteiger partial charge on any atom is -0.481 e. The third kappa shape index (κ3) is 2.46. The second-order valence-electron chi connectivity index (χ2n) is 5.34. The van der Waals surface area contributed by atoms with Gasteiger partial charge in [-0.1, -0.05) is 36.4 Å². The monoisotopic (exact) mass is 268 g/mol. The van der Waals surface area contributed by atoms with Crippen molar-refractivity contribution in [3.05, 3.63) is 69.8 Å². The fourth-order valence-corrected chi connectivity index (χ4v) is 2.64. The summed E-state index contributed by atoms with van der Waals surface area (Å²) in [6, 6.07) is 11.4. The second kappa shape index (κ2) is 5.49. The van der Waals surface area contributed by atoms with Gasteiger partial charge in [-0.05, 0) is 61.1 Å². The highest BCUT2D eigenvalue weighted by Gasteiger charge is 2.25. The molecule has 20 heavy (non-hydrogen) atoms. The Balaban J connectivity index is 2.66. The Kier molecular flexibility index (Phi) is 3.93. The molecule has 0 aliphatic carbocycles. The van der Waals surface area contributed by atoms with E-state index in [1.807, 2.05) is 50.2 Å². The Morgan fingerprint density at radius 3 is 2.10 bits per heavy atom. The first-order chi connectivity index (χ1) is 9.43. The van der Waals surface area contributed by atoms with Crippen molar-refractivity contribution in [1.29, 1.82) is 0 Å². The molecule has 2 heteroatoms. The van der Waals surface area contributed by atoms with E-state index in [0.29, 0.717) is 0 Å². The zero-order chi connectivity index (χ0) is 14.9. The number of hydrogen-bond donors (Lipinski definition) is 1. The Morgan fingerprint density at radius 1 is 0.950 bits per heavy atom. The van der Waals surface area contributed by atoms with E-state index in [2.05, 4.69) is 13.8 Å². The van der Waals surface area contributed by atoms with Gasteiger partial charge in [0.2, 0.25) is 0 Å². The van der Waals surface area contributed by atoms with Crippen LogP contribution in [0.15, 0.2) is 36.4 Å². The van der Waals surface area contributed by atoms with E-state index in [-0.39, 0.29) is 0 Å². The van der Waals surface area contributed by atoms with Crippen LogP contribution in [0.2, 0.25) is 0 Å². The standard InChI is InChI=1S/C18H20O2/c1-11-10-16(14(4)13(3)12(11)2)17(18(19)20)15-8-6-5-7-9-15/h5-10,17H,1-4H3,(H,19,20). The van der Waals surface area contributed by atoms with Gasteiger partial charge in [-0.25, -0.2) is 0 Å². The third-order valence-corrected chi connectivity index (χ3v) is 4.21. The molecule has 1 atom stereocenters. The van der Waals surface area contributed by atoms with Crippen molar-refractivity contribution < 1.29 is 9.90 Å². The first-order valence-corrected chi connectivity index (χ1v) is 6.78. The molecule has 0 spiro atoms. The van der Waals surface area contributed by atoms with Gasteiger partial charge in [-0.2, -0.15) is 0 Å². The van der Waals surface area contributed by atoms with Gasteiger partial charge < -0.3 is 5.11 Å². The predicted molar refractivity (Wildman–Crippen MR) is 81.3 cm³/mol. The number of carboxylic acid groups (broad SMARTS) is 1. The molecular formula is C18H20O2. The molecule has 2 nitrogen and oxygen atoms in total. The van der Waals surface area contributed by atoms with E-state index in [0.717, 1.165) is 22.3 Å². The zero-order valence-corrected chi connectivity index (χ0v) is 12.4. The zero-order valence-electron chi connectivity index (χ0n) is 12.4. The Hall–Kier alpha value is -2.09. The van der Waals surface area contributed by atoms with Gasteiger partial charge in [-0.15, -0.1) is 0 Å². The third-order valence-electron chi connectivity index (χ3n) is 4.21. The lowest BCUT2D eigenvalue weighted by atomic mass is 9.84. The van der Waals surface area contributed by atoms with E-state index in [4.69, 9.17) is 0 Å². The number of hydrogen-bond acceptors (Lipinski definition) is 1. The SMILES string of the molecule is Cc1cc(C(C(=O)O)c2ccccc2)c(C)c(C)c1C. The van der Waals surface area contributed by atoms with E-state index in [9.17, 15) is 9.90 Å². The molecule has 2 aromatic rings. The molecule has 0 saturated heterocycles. The van der Waals surface area contributed by atoms with Crippen molar-refractivity contribution in [2.24, 2.45) is 0 Å². The van der Waals surface area contributed by atoms with Gasteiger partial charge in [-0.3, -0.25) is 4.79 Å². The van der Waals surface area contributed by atoms with Crippen LogP contribution in [0.25, 0.3) is 0 Å². The summed E-state index contributed by atoms with van der Waals surface area (Å²) in [5.74, 6) is -1.41. The molecule has 1 unspecified atom stereocenters. The molecule has 0 amide bonds. The summed E-state index contributed by atoms with van der Waals surface area (Å²) in [5, 5.41) is 9.66. The minimum absolute atomic E-state index is 0.603. The molecule has 2 aromatic carbocycles. The molecule has 0 saturated carbocycles. The molecule has 0 heterocycles. The van der Waals surface area contributed by atoms with Crippen LogP contribution in [0.5, 0.6) is 0 Å². The Bertz CT molecular complexity index is 642. The van der Waals surface area contributed by atoms with Crippen molar-refractivity contribution in [2.45, 2.75) is 33.6 Å². The lowest BCUT2D eigenvalue weighted by molar-refractivity contribution is -0.137. The minimum atomic E-state index is -0.804. The van der Waals surface area contributed by atoms with Crippen molar-refractivity contribution in [3.8, 4) is 0 Å². The normalized spacial score (nSPS) is 12.2. The van der Waals surface area contributed by atoms with Gasteiger partial charge in [0.25, 0.3) is 0 Å². The van der Waals surface area contributed by atoms with Crippen LogP contribution in [0.3, 0.4) is 0 Å². The highest BCUT2D eigenvalue weighted by atomic mass is 16.4. The highest BCUT2D eigenvalue weighted by molar-refractivity contribution is 5.81. The summed E-state index contributed by atoms with van der Waals surface area (Å²) in [6.45, 7) is 8.19. The molecular weight excluding hydrogens is 248 g/mol. The maximum Gasteiger partial charge on any atom is 0.315 e. The van der Waals surface area contributed by atoms with Gasteiger partial charge >= 0.3 is 5.97 Å². The number of benzene rings is 2. The van der Waals surface area contributed by atoms with Crippen LogP contribution in [-0.2, 0) is 4.79 Å².